The SMILES string of the molecule is CCOC(=O)c1cnn(-c2nc(OCOCC[Si](C)(C)C)c3c(ccn3Cc3ccc(S(C)(=O)=O)cc3)n2)c1. The smallest absolute Gasteiger partial charge is 0.341 e. The molecule has 0 unspecified atom stereocenters. The summed E-state index contributed by atoms with van der Waals surface area (Å²) in [4.78, 5) is 21.6. The highest BCUT2D eigenvalue weighted by molar-refractivity contribution is 7.90. The van der Waals surface area contributed by atoms with Gasteiger partial charge in [-0.05, 0) is 36.7 Å². The molecule has 1 aromatic carbocycles. The number of ether oxygens (including phenoxy) is 3. The van der Waals surface area contributed by atoms with Gasteiger partial charge in [-0.3, -0.25) is 0 Å². The van der Waals surface area contributed by atoms with E-state index in [0.717, 1.165) is 11.6 Å². The molecule has 4 aromatic rings. The highest BCUT2D eigenvalue weighted by Crippen LogP contribution is 2.26. The van der Waals surface area contributed by atoms with Crippen molar-refractivity contribution in [1.82, 2.24) is 24.3 Å². The number of rotatable bonds is 12. The average molecular weight is 572 g/mol. The number of fused-ring (bicyclic) bond motifs is 1. The summed E-state index contributed by atoms with van der Waals surface area (Å²) >= 11 is 0. The molecule has 3 aromatic heterocycles. The average Bonchev–Trinajstić information content (AvgIpc) is 3.51. The van der Waals surface area contributed by atoms with Crippen molar-refractivity contribution in [3.05, 3.63) is 60.0 Å². The lowest BCUT2D eigenvalue weighted by Crippen LogP contribution is -2.22. The number of benzene rings is 1. The van der Waals surface area contributed by atoms with Gasteiger partial charge in [-0.2, -0.15) is 10.1 Å². The lowest BCUT2D eigenvalue weighted by molar-refractivity contribution is 0.0200. The van der Waals surface area contributed by atoms with E-state index in [-0.39, 0.29) is 29.8 Å². The minimum absolute atomic E-state index is 0.0114. The molecule has 208 valence electrons. The zero-order valence-electron chi connectivity index (χ0n) is 22.7. The van der Waals surface area contributed by atoms with E-state index in [4.69, 9.17) is 14.2 Å². The third kappa shape index (κ3) is 7.31. The second-order valence-electron chi connectivity index (χ2n) is 10.3. The van der Waals surface area contributed by atoms with Crippen LogP contribution in [0.15, 0.2) is 53.8 Å². The number of sulfone groups is 1. The second kappa shape index (κ2) is 11.7. The topological polar surface area (TPSA) is 127 Å². The molecular weight excluding hydrogens is 538 g/mol. The molecule has 0 aliphatic heterocycles. The quantitative estimate of drug-likeness (QED) is 0.107. The monoisotopic (exact) mass is 571 g/mol. The Balaban J connectivity index is 1.65. The van der Waals surface area contributed by atoms with Crippen molar-refractivity contribution < 1.29 is 27.4 Å². The van der Waals surface area contributed by atoms with Crippen LogP contribution in [0.4, 0.5) is 0 Å². The number of nitrogens with zero attached hydrogens (tertiary/aromatic N) is 5. The first-order valence-electron chi connectivity index (χ1n) is 12.5. The molecule has 39 heavy (non-hydrogen) atoms. The van der Waals surface area contributed by atoms with Crippen molar-refractivity contribution in [2.24, 2.45) is 0 Å². The molecule has 3 heterocycles. The van der Waals surface area contributed by atoms with E-state index < -0.39 is 23.9 Å². The van der Waals surface area contributed by atoms with Crippen LogP contribution in [0.25, 0.3) is 17.0 Å². The number of esters is 1. The van der Waals surface area contributed by atoms with Gasteiger partial charge in [0.05, 0.1) is 28.8 Å². The number of hydrogen-bond donors (Lipinski definition) is 0. The Hall–Kier alpha value is -3.55. The first kappa shape index (κ1) is 28.5. The zero-order valence-corrected chi connectivity index (χ0v) is 24.6. The Bertz CT molecular complexity index is 1560. The lowest BCUT2D eigenvalue weighted by Gasteiger charge is -2.16. The first-order chi connectivity index (χ1) is 18.4. The molecule has 0 N–H and O–H groups in total. The van der Waals surface area contributed by atoms with Crippen LogP contribution in [-0.2, 0) is 25.9 Å². The van der Waals surface area contributed by atoms with Crippen molar-refractivity contribution in [3.63, 3.8) is 0 Å². The van der Waals surface area contributed by atoms with Crippen molar-refractivity contribution >= 4 is 34.9 Å². The van der Waals surface area contributed by atoms with Crippen molar-refractivity contribution in [2.75, 3.05) is 26.3 Å². The van der Waals surface area contributed by atoms with Crippen LogP contribution in [0.3, 0.4) is 0 Å². The van der Waals surface area contributed by atoms with Crippen LogP contribution in [0.1, 0.15) is 22.8 Å². The van der Waals surface area contributed by atoms with Gasteiger partial charge in [-0.25, -0.2) is 22.9 Å². The summed E-state index contributed by atoms with van der Waals surface area (Å²) in [7, 11) is -4.53. The van der Waals surface area contributed by atoms with Crippen LogP contribution in [0.5, 0.6) is 5.88 Å². The maximum Gasteiger partial charge on any atom is 0.341 e. The molecule has 0 spiro atoms. The van der Waals surface area contributed by atoms with Gasteiger partial charge in [0.1, 0.15) is 5.52 Å². The molecule has 0 aliphatic carbocycles. The first-order valence-corrected chi connectivity index (χ1v) is 18.1. The van der Waals surface area contributed by atoms with E-state index in [1.807, 2.05) is 16.8 Å². The third-order valence-electron chi connectivity index (χ3n) is 5.85. The van der Waals surface area contributed by atoms with Gasteiger partial charge >= 0.3 is 5.97 Å². The second-order valence-corrected chi connectivity index (χ2v) is 17.9. The van der Waals surface area contributed by atoms with E-state index in [1.54, 1.807) is 31.2 Å². The number of aromatic nitrogens is 5. The molecule has 0 fully saturated rings. The largest absolute Gasteiger partial charge is 0.462 e. The summed E-state index contributed by atoms with van der Waals surface area (Å²) < 4.78 is 43.8. The van der Waals surface area contributed by atoms with E-state index >= 15 is 0 Å². The van der Waals surface area contributed by atoms with Gasteiger partial charge in [0.2, 0.25) is 5.88 Å². The fourth-order valence-corrected chi connectivity index (χ4v) is 5.11. The molecule has 0 saturated heterocycles. The van der Waals surface area contributed by atoms with Gasteiger partial charge in [-0.15, -0.1) is 0 Å². The van der Waals surface area contributed by atoms with E-state index in [0.29, 0.717) is 30.1 Å². The van der Waals surface area contributed by atoms with Crippen molar-refractivity contribution in [2.45, 2.75) is 44.0 Å². The van der Waals surface area contributed by atoms with E-state index in [9.17, 15) is 13.2 Å². The summed E-state index contributed by atoms with van der Waals surface area (Å²) in [6, 6.07) is 9.57. The highest BCUT2D eigenvalue weighted by atomic mass is 32.2. The summed E-state index contributed by atoms with van der Waals surface area (Å²) in [5.41, 5.74) is 2.44. The van der Waals surface area contributed by atoms with Crippen LogP contribution in [0, 0.1) is 0 Å². The standard InChI is InChI=1S/C26H33N5O6SSi/c1-6-36-25(32)20-15-27-31(17-20)26-28-22-11-12-30(16-19-7-9-21(10-8-19)38(2,33)34)23(22)24(29-26)37-18-35-13-14-39(3,4)5/h7-12,15,17H,6,13-14,16,18H2,1-5H3. The molecule has 0 aliphatic rings. The van der Waals surface area contributed by atoms with E-state index in [2.05, 4.69) is 34.7 Å². The van der Waals surface area contributed by atoms with Gasteiger partial charge in [0.15, 0.2) is 16.6 Å². The number of hydrogen-bond acceptors (Lipinski definition) is 9. The fraction of sp³-hybridized carbons (Fsp3) is 0.385. The van der Waals surface area contributed by atoms with Crippen molar-refractivity contribution in [1.29, 1.82) is 0 Å². The number of carbonyl (C=O) groups excluding carboxylic acids is 1. The lowest BCUT2D eigenvalue weighted by atomic mass is 10.2. The Labute approximate surface area is 228 Å². The molecule has 4 rings (SSSR count). The van der Waals surface area contributed by atoms with Crippen molar-refractivity contribution in [3.8, 4) is 11.8 Å². The Kier molecular flexibility index (Phi) is 8.52. The summed E-state index contributed by atoms with van der Waals surface area (Å²) in [5, 5.41) is 4.23. The Morgan fingerprint density at radius 3 is 2.49 bits per heavy atom. The maximum atomic E-state index is 12.1. The molecule has 0 amide bonds. The normalized spacial score (nSPS) is 12.1. The highest BCUT2D eigenvalue weighted by Gasteiger charge is 2.18. The van der Waals surface area contributed by atoms with Gasteiger partial charge in [-0.1, -0.05) is 31.8 Å². The minimum Gasteiger partial charge on any atom is -0.462 e. The van der Waals surface area contributed by atoms with Gasteiger partial charge < -0.3 is 18.8 Å². The molecule has 0 radical (unpaired) electrons. The number of carbonyl (C=O) groups is 1. The fourth-order valence-electron chi connectivity index (χ4n) is 3.72. The van der Waals surface area contributed by atoms with Crippen LogP contribution in [-0.4, -0.2) is 73.0 Å². The Morgan fingerprint density at radius 1 is 1.08 bits per heavy atom. The third-order valence-corrected chi connectivity index (χ3v) is 8.68. The molecule has 13 heteroatoms. The molecular formula is C26H33N5O6SSi. The maximum absolute atomic E-state index is 12.1. The molecule has 0 bridgehead atoms. The Morgan fingerprint density at radius 2 is 1.82 bits per heavy atom. The predicted octanol–water partition coefficient (Wildman–Crippen LogP) is 3.94. The van der Waals surface area contributed by atoms with Crippen LogP contribution in [0.2, 0.25) is 25.7 Å². The predicted molar refractivity (Wildman–Crippen MR) is 149 cm³/mol. The van der Waals surface area contributed by atoms with Gasteiger partial charge in [0.25, 0.3) is 5.95 Å². The van der Waals surface area contributed by atoms with Gasteiger partial charge in [0, 0.05) is 39.9 Å². The van der Waals surface area contributed by atoms with Crippen LogP contribution < -0.4 is 4.74 Å². The molecule has 11 nitrogen and oxygen atoms in total. The summed E-state index contributed by atoms with van der Waals surface area (Å²) in [6.07, 6.45) is 5.95. The van der Waals surface area contributed by atoms with E-state index in [1.165, 1.54) is 23.3 Å². The minimum atomic E-state index is -3.28. The van der Waals surface area contributed by atoms with Crippen LogP contribution >= 0.6 is 0 Å². The zero-order chi connectivity index (χ0) is 28.2. The molecule has 0 atom stereocenters. The summed E-state index contributed by atoms with van der Waals surface area (Å²) in [5.74, 6) is 0.0458. The summed E-state index contributed by atoms with van der Waals surface area (Å²) in [6.45, 7) is 9.87. The molecule has 0 saturated carbocycles.